The van der Waals surface area contributed by atoms with Crippen molar-refractivity contribution < 1.29 is 18.0 Å². The fourth-order valence-corrected chi connectivity index (χ4v) is 3.69. The van der Waals surface area contributed by atoms with E-state index in [0.29, 0.717) is 12.1 Å². The van der Waals surface area contributed by atoms with Gasteiger partial charge < -0.3 is 9.47 Å². The molecule has 158 valence electrons. The summed E-state index contributed by atoms with van der Waals surface area (Å²) in [6, 6.07) is 11.1. The van der Waals surface area contributed by atoms with E-state index in [2.05, 4.69) is 10.2 Å². The summed E-state index contributed by atoms with van der Waals surface area (Å²) in [5, 5.41) is 7.97. The number of benzene rings is 2. The Kier molecular flexibility index (Phi) is 5.90. The highest BCUT2D eigenvalue weighted by Gasteiger charge is 2.39. The van der Waals surface area contributed by atoms with Crippen molar-refractivity contribution in [3.05, 3.63) is 76.9 Å². The van der Waals surface area contributed by atoms with Gasteiger partial charge >= 0.3 is 6.18 Å². The average molecular weight is 437 g/mol. The molecule has 0 aliphatic carbocycles. The van der Waals surface area contributed by atoms with Crippen LogP contribution < -0.4 is 4.90 Å². The molecule has 9 heteroatoms. The van der Waals surface area contributed by atoms with Crippen LogP contribution in [0.1, 0.15) is 45.7 Å². The fourth-order valence-electron chi connectivity index (χ4n) is 3.69. The summed E-state index contributed by atoms with van der Waals surface area (Å²) in [5.41, 5.74) is 0.949. The third-order valence-corrected chi connectivity index (χ3v) is 5.32. The van der Waals surface area contributed by atoms with Gasteiger partial charge in [-0.05, 0) is 41.3 Å². The highest BCUT2D eigenvalue weighted by molar-refractivity contribution is 6.10. The molecule has 1 amide bonds. The molecule has 5 nitrogen and oxygen atoms in total. The molecule has 3 aromatic rings. The van der Waals surface area contributed by atoms with Crippen LogP contribution in [0.5, 0.6) is 0 Å². The summed E-state index contributed by atoms with van der Waals surface area (Å²) < 4.78 is 41.9. The number of nitrogens with zero attached hydrogens (tertiary/aromatic N) is 4. The van der Waals surface area contributed by atoms with Crippen molar-refractivity contribution >= 4 is 24.0 Å². The molecule has 0 radical (unpaired) electrons. The third kappa shape index (κ3) is 3.92. The Balaban J connectivity index is 0.00000256. The summed E-state index contributed by atoms with van der Waals surface area (Å²) in [7, 11) is 1.87. The number of halogens is 4. The first-order valence-electron chi connectivity index (χ1n) is 9.19. The molecule has 0 saturated carbocycles. The standard InChI is InChI=1S/C21H19F3N4O.ClH/c1-13(9-19-26-25-12-27(19)2)14-5-3-6-15(10-14)28-11-17-16(20(28)29)7-4-8-18(17)21(22,23)24;/h3-8,10,12-13H,9,11H2,1-2H3;1H/t13-;/m1./s1. The number of rotatable bonds is 4. The molecular formula is C21H20ClF3N4O. The SMILES string of the molecule is C[C@H](Cc1nncn1C)c1cccc(N2Cc3c(cccc3C(F)(F)F)C2=O)c1.Cl. The van der Waals surface area contributed by atoms with E-state index >= 15 is 0 Å². The molecule has 0 unspecified atom stereocenters. The van der Waals surface area contributed by atoms with E-state index in [1.165, 1.54) is 17.0 Å². The molecule has 0 N–H and O–H groups in total. The molecule has 4 rings (SSSR count). The largest absolute Gasteiger partial charge is 0.416 e. The summed E-state index contributed by atoms with van der Waals surface area (Å²) in [6.07, 6.45) is -2.20. The molecule has 30 heavy (non-hydrogen) atoms. The maximum atomic E-state index is 13.3. The smallest absolute Gasteiger partial charge is 0.321 e. The van der Waals surface area contributed by atoms with Crippen molar-refractivity contribution in [2.24, 2.45) is 7.05 Å². The van der Waals surface area contributed by atoms with E-state index in [4.69, 9.17) is 0 Å². The van der Waals surface area contributed by atoms with Gasteiger partial charge in [-0.15, -0.1) is 22.6 Å². The van der Waals surface area contributed by atoms with Gasteiger partial charge in [-0.1, -0.05) is 25.1 Å². The number of amides is 1. The first kappa shape index (κ1) is 21.8. The molecule has 1 aromatic heterocycles. The Morgan fingerprint density at radius 3 is 2.57 bits per heavy atom. The van der Waals surface area contributed by atoms with Gasteiger partial charge in [0.2, 0.25) is 0 Å². The second kappa shape index (κ2) is 8.10. The minimum absolute atomic E-state index is 0. The highest BCUT2D eigenvalue weighted by Crippen LogP contribution is 2.38. The van der Waals surface area contributed by atoms with Gasteiger partial charge in [-0.25, -0.2) is 0 Å². The number of hydrogen-bond donors (Lipinski definition) is 0. The Labute approximate surface area is 177 Å². The Morgan fingerprint density at radius 1 is 1.17 bits per heavy atom. The summed E-state index contributed by atoms with van der Waals surface area (Å²) in [6.45, 7) is 1.95. The van der Waals surface area contributed by atoms with Crippen molar-refractivity contribution in [2.75, 3.05) is 4.90 Å². The zero-order valence-electron chi connectivity index (χ0n) is 16.3. The third-order valence-electron chi connectivity index (χ3n) is 5.32. The van der Waals surface area contributed by atoms with Crippen LogP contribution in [-0.4, -0.2) is 20.7 Å². The van der Waals surface area contributed by atoms with Crippen molar-refractivity contribution in [1.82, 2.24) is 14.8 Å². The van der Waals surface area contributed by atoms with E-state index in [1.54, 1.807) is 12.4 Å². The van der Waals surface area contributed by atoms with Gasteiger partial charge in [-0.2, -0.15) is 13.2 Å². The molecule has 2 heterocycles. The lowest BCUT2D eigenvalue weighted by Gasteiger charge is -2.19. The number of aryl methyl sites for hydroxylation is 1. The maximum absolute atomic E-state index is 13.3. The number of alkyl halides is 3. The van der Waals surface area contributed by atoms with E-state index in [9.17, 15) is 18.0 Å². The average Bonchev–Trinajstić information content (AvgIpc) is 3.24. The highest BCUT2D eigenvalue weighted by atomic mass is 35.5. The molecule has 1 aliphatic heterocycles. The van der Waals surface area contributed by atoms with Crippen LogP contribution in [0.4, 0.5) is 18.9 Å². The number of carbonyl (C=O) groups is 1. The molecule has 0 saturated heterocycles. The van der Waals surface area contributed by atoms with Crippen LogP contribution in [0, 0.1) is 0 Å². The second-order valence-corrected chi connectivity index (χ2v) is 7.28. The van der Waals surface area contributed by atoms with Crippen LogP contribution in [0.2, 0.25) is 0 Å². The molecular weight excluding hydrogens is 417 g/mol. The van der Waals surface area contributed by atoms with Crippen LogP contribution >= 0.6 is 12.4 Å². The van der Waals surface area contributed by atoms with Crippen LogP contribution in [0.3, 0.4) is 0 Å². The van der Waals surface area contributed by atoms with Crippen molar-refractivity contribution in [3.63, 3.8) is 0 Å². The molecule has 1 aliphatic rings. The van der Waals surface area contributed by atoms with Crippen LogP contribution in [0.15, 0.2) is 48.8 Å². The second-order valence-electron chi connectivity index (χ2n) is 7.28. The van der Waals surface area contributed by atoms with E-state index in [-0.39, 0.29) is 36.0 Å². The fraction of sp³-hybridized carbons (Fsp3) is 0.286. The van der Waals surface area contributed by atoms with Crippen molar-refractivity contribution in [3.8, 4) is 0 Å². The zero-order valence-corrected chi connectivity index (χ0v) is 17.2. The molecule has 2 aromatic carbocycles. The van der Waals surface area contributed by atoms with Gasteiger partial charge in [0.25, 0.3) is 5.91 Å². The minimum atomic E-state index is -4.49. The monoisotopic (exact) mass is 436 g/mol. The maximum Gasteiger partial charge on any atom is 0.416 e. The Morgan fingerprint density at radius 2 is 1.90 bits per heavy atom. The van der Waals surface area contributed by atoms with Gasteiger partial charge in [0, 0.05) is 24.7 Å². The topological polar surface area (TPSA) is 51.0 Å². The predicted octanol–water partition coefficient (Wildman–Crippen LogP) is 4.76. The lowest BCUT2D eigenvalue weighted by Crippen LogP contribution is -2.23. The Bertz CT molecular complexity index is 1080. The summed E-state index contributed by atoms with van der Waals surface area (Å²) in [5.74, 6) is 0.523. The number of fused-ring (bicyclic) bond motifs is 1. The van der Waals surface area contributed by atoms with Gasteiger partial charge in [0.1, 0.15) is 12.2 Å². The normalized spacial score (nSPS) is 14.4. The van der Waals surface area contributed by atoms with Crippen LogP contribution in [-0.2, 0) is 26.2 Å². The minimum Gasteiger partial charge on any atom is -0.321 e. The van der Waals surface area contributed by atoms with E-state index in [1.807, 2.05) is 36.7 Å². The van der Waals surface area contributed by atoms with E-state index < -0.39 is 17.6 Å². The summed E-state index contributed by atoms with van der Waals surface area (Å²) >= 11 is 0. The Hall–Kier alpha value is -2.87. The van der Waals surface area contributed by atoms with Gasteiger partial charge in [0.15, 0.2) is 0 Å². The number of hydrogen-bond acceptors (Lipinski definition) is 3. The number of aromatic nitrogens is 3. The number of carbonyl (C=O) groups excluding carboxylic acids is 1. The van der Waals surface area contributed by atoms with E-state index in [0.717, 1.165) is 17.5 Å². The van der Waals surface area contributed by atoms with Gasteiger partial charge in [-0.3, -0.25) is 4.79 Å². The van der Waals surface area contributed by atoms with Crippen molar-refractivity contribution in [1.29, 1.82) is 0 Å². The molecule has 1 atom stereocenters. The molecule has 0 fully saturated rings. The first-order chi connectivity index (χ1) is 13.8. The van der Waals surface area contributed by atoms with Crippen LogP contribution in [0.25, 0.3) is 0 Å². The first-order valence-corrected chi connectivity index (χ1v) is 9.19. The lowest BCUT2D eigenvalue weighted by molar-refractivity contribution is -0.138. The summed E-state index contributed by atoms with van der Waals surface area (Å²) in [4.78, 5) is 14.2. The molecule has 0 bridgehead atoms. The quantitative estimate of drug-likeness (QED) is 0.592. The van der Waals surface area contributed by atoms with Crippen molar-refractivity contribution in [2.45, 2.75) is 32.0 Å². The lowest BCUT2D eigenvalue weighted by atomic mass is 9.97. The number of anilines is 1. The zero-order chi connectivity index (χ0) is 20.8. The molecule has 0 spiro atoms. The van der Waals surface area contributed by atoms with Gasteiger partial charge in [0.05, 0.1) is 12.1 Å². The predicted molar refractivity (Wildman–Crippen MR) is 109 cm³/mol.